The van der Waals surface area contributed by atoms with Crippen LogP contribution in [-0.4, -0.2) is 48.9 Å². The third-order valence-corrected chi connectivity index (χ3v) is 3.72. The number of rotatable bonds is 1. The minimum atomic E-state index is -0.437. The Morgan fingerprint density at radius 1 is 1.21 bits per heavy atom. The molecule has 7 nitrogen and oxygen atoms in total. The van der Waals surface area contributed by atoms with Crippen LogP contribution in [0.5, 0.6) is 0 Å². The summed E-state index contributed by atoms with van der Waals surface area (Å²) in [6.45, 7) is 5.67. The van der Waals surface area contributed by atoms with Crippen molar-refractivity contribution in [3.8, 4) is 0 Å². The Hall–Kier alpha value is -1.66. The molecule has 2 bridgehead atoms. The van der Waals surface area contributed by atoms with Gasteiger partial charge in [-0.15, -0.1) is 10.2 Å². The maximum atomic E-state index is 12.1. The molecule has 2 saturated heterocycles. The summed E-state index contributed by atoms with van der Waals surface area (Å²) in [5, 5.41) is 11.8. The van der Waals surface area contributed by atoms with Crippen LogP contribution in [0.25, 0.3) is 0 Å². The van der Waals surface area contributed by atoms with Gasteiger partial charge >= 0.3 is 6.09 Å². The van der Waals surface area contributed by atoms with E-state index in [1.807, 2.05) is 25.7 Å². The van der Waals surface area contributed by atoms with Crippen molar-refractivity contribution < 1.29 is 9.53 Å². The lowest BCUT2D eigenvalue weighted by atomic mass is 9.77. The van der Waals surface area contributed by atoms with Gasteiger partial charge in [-0.05, 0) is 45.2 Å². The molecular formula is C12H19N5O2. The van der Waals surface area contributed by atoms with Crippen LogP contribution in [0.15, 0.2) is 6.33 Å². The Balaban J connectivity index is 1.63. The fourth-order valence-corrected chi connectivity index (χ4v) is 2.99. The Morgan fingerprint density at radius 3 is 2.37 bits per heavy atom. The highest BCUT2D eigenvalue weighted by atomic mass is 16.6. The fraction of sp³-hybridized carbons (Fsp3) is 0.833. The lowest BCUT2D eigenvalue weighted by Crippen LogP contribution is -2.63. The maximum absolute atomic E-state index is 12.1. The highest BCUT2D eigenvalue weighted by Gasteiger charge is 2.50. The van der Waals surface area contributed by atoms with Crippen molar-refractivity contribution in [3.05, 3.63) is 6.33 Å². The highest BCUT2D eigenvalue weighted by Crippen LogP contribution is 2.43. The molecule has 0 N–H and O–H groups in total. The molecule has 3 aliphatic rings. The second-order valence-corrected chi connectivity index (χ2v) is 6.31. The average molecular weight is 265 g/mol. The molecule has 2 atom stereocenters. The molecule has 1 aromatic heterocycles. The monoisotopic (exact) mass is 265 g/mol. The first kappa shape index (κ1) is 12.4. The maximum Gasteiger partial charge on any atom is 0.410 e. The molecule has 4 rings (SSSR count). The number of hydrogen-bond acceptors (Lipinski definition) is 5. The number of fused-ring (bicyclic) bond motifs is 2. The van der Waals surface area contributed by atoms with Gasteiger partial charge in [0.2, 0.25) is 0 Å². The molecule has 1 aromatic rings. The number of tetrazole rings is 1. The smallest absolute Gasteiger partial charge is 0.410 e. The Bertz CT molecular complexity index is 455. The zero-order valence-corrected chi connectivity index (χ0v) is 11.5. The lowest BCUT2D eigenvalue weighted by molar-refractivity contribution is -0.0660. The van der Waals surface area contributed by atoms with E-state index in [4.69, 9.17) is 4.74 Å². The summed E-state index contributed by atoms with van der Waals surface area (Å²) in [5.41, 5.74) is -0.437. The summed E-state index contributed by atoms with van der Waals surface area (Å²) in [6.07, 6.45) is 4.08. The molecule has 0 spiro atoms. The quantitative estimate of drug-likeness (QED) is 0.767. The summed E-state index contributed by atoms with van der Waals surface area (Å²) in [4.78, 5) is 15.6. The zero-order valence-electron chi connectivity index (χ0n) is 11.5. The third kappa shape index (κ3) is 2.29. The second-order valence-electron chi connectivity index (χ2n) is 6.31. The van der Waals surface area contributed by atoms with E-state index >= 15 is 0 Å². The number of carbonyl (C=O) groups is 1. The van der Waals surface area contributed by atoms with Gasteiger partial charge in [-0.25, -0.2) is 4.79 Å². The molecule has 7 heteroatoms. The summed E-state index contributed by atoms with van der Waals surface area (Å²) in [7, 11) is 0. The van der Waals surface area contributed by atoms with E-state index in [1.165, 1.54) is 6.33 Å². The van der Waals surface area contributed by atoms with Crippen LogP contribution in [0.2, 0.25) is 0 Å². The number of nitrogens with zero attached hydrogens (tertiary/aromatic N) is 5. The molecule has 3 heterocycles. The molecule has 1 saturated carbocycles. The van der Waals surface area contributed by atoms with Crippen molar-refractivity contribution >= 4 is 6.09 Å². The summed E-state index contributed by atoms with van der Waals surface area (Å²) in [6, 6.07) is 0.763. The molecule has 0 aromatic carbocycles. The minimum absolute atomic E-state index is 0.196. The summed E-state index contributed by atoms with van der Waals surface area (Å²) in [5.74, 6) is 0. The average Bonchev–Trinajstić information content (AvgIpc) is 2.79. The van der Waals surface area contributed by atoms with Gasteiger partial charge in [-0.1, -0.05) is 0 Å². The van der Waals surface area contributed by atoms with Gasteiger partial charge in [0.25, 0.3) is 0 Å². The molecule has 104 valence electrons. The highest BCUT2D eigenvalue weighted by molar-refractivity contribution is 5.70. The van der Waals surface area contributed by atoms with Crippen LogP contribution in [0.3, 0.4) is 0 Å². The Labute approximate surface area is 111 Å². The van der Waals surface area contributed by atoms with Gasteiger partial charge in [-0.3, -0.25) is 0 Å². The number of hydrogen-bond donors (Lipinski definition) is 0. The lowest BCUT2D eigenvalue weighted by Gasteiger charge is -2.54. The van der Waals surface area contributed by atoms with Gasteiger partial charge in [0.05, 0.1) is 6.04 Å². The number of aromatic nitrogens is 4. The molecule has 3 fully saturated rings. The minimum Gasteiger partial charge on any atom is -0.444 e. The van der Waals surface area contributed by atoms with Gasteiger partial charge < -0.3 is 9.64 Å². The van der Waals surface area contributed by atoms with Crippen LogP contribution >= 0.6 is 0 Å². The normalized spacial score (nSPS) is 29.8. The molecule has 1 aliphatic carbocycles. The van der Waals surface area contributed by atoms with Crippen molar-refractivity contribution in [2.24, 2.45) is 0 Å². The van der Waals surface area contributed by atoms with E-state index in [-0.39, 0.29) is 24.2 Å². The number of carbonyl (C=O) groups excluding carboxylic acids is 1. The first-order chi connectivity index (χ1) is 8.94. The summed E-state index contributed by atoms with van der Waals surface area (Å²) < 4.78 is 5.44. The van der Waals surface area contributed by atoms with Gasteiger partial charge in [-0.2, -0.15) is 4.80 Å². The van der Waals surface area contributed by atoms with E-state index in [1.54, 1.807) is 4.80 Å². The van der Waals surface area contributed by atoms with Crippen LogP contribution in [0, 0.1) is 0 Å². The van der Waals surface area contributed by atoms with E-state index in [9.17, 15) is 4.79 Å². The first-order valence-corrected chi connectivity index (χ1v) is 6.68. The van der Waals surface area contributed by atoms with Gasteiger partial charge in [0, 0.05) is 12.1 Å². The standard InChI is InChI=1S/C12H19N5O2/c1-12(2,3)19-11(18)16-8-4-9(16)6-10(5-8)17-14-7-13-15-17/h7-10H,4-6H2,1-3H3. The van der Waals surface area contributed by atoms with E-state index < -0.39 is 5.60 Å². The molecule has 19 heavy (non-hydrogen) atoms. The first-order valence-electron chi connectivity index (χ1n) is 6.68. The van der Waals surface area contributed by atoms with E-state index in [0.29, 0.717) is 0 Å². The fourth-order valence-electron chi connectivity index (χ4n) is 2.99. The van der Waals surface area contributed by atoms with Crippen molar-refractivity contribution in [1.29, 1.82) is 0 Å². The largest absolute Gasteiger partial charge is 0.444 e. The second kappa shape index (κ2) is 4.18. The van der Waals surface area contributed by atoms with E-state index in [0.717, 1.165) is 19.3 Å². The van der Waals surface area contributed by atoms with Crippen LogP contribution in [0.1, 0.15) is 46.1 Å². The van der Waals surface area contributed by atoms with Gasteiger partial charge in [0.15, 0.2) is 6.33 Å². The summed E-state index contributed by atoms with van der Waals surface area (Å²) >= 11 is 0. The molecule has 2 aliphatic heterocycles. The molecular weight excluding hydrogens is 246 g/mol. The topological polar surface area (TPSA) is 73.1 Å². The van der Waals surface area contributed by atoms with Crippen LogP contribution < -0.4 is 0 Å². The van der Waals surface area contributed by atoms with Crippen LogP contribution in [-0.2, 0) is 4.74 Å². The third-order valence-electron chi connectivity index (χ3n) is 3.72. The predicted molar refractivity (Wildman–Crippen MR) is 66.4 cm³/mol. The molecule has 2 unspecified atom stereocenters. The molecule has 0 radical (unpaired) electrons. The van der Waals surface area contributed by atoms with Gasteiger partial charge in [0.1, 0.15) is 5.60 Å². The van der Waals surface area contributed by atoms with Crippen molar-refractivity contribution in [2.45, 2.75) is 63.8 Å². The van der Waals surface area contributed by atoms with Crippen molar-refractivity contribution in [2.75, 3.05) is 0 Å². The van der Waals surface area contributed by atoms with E-state index in [2.05, 4.69) is 15.4 Å². The SMILES string of the molecule is CC(C)(C)OC(=O)N1C2CC1CC(n1ncnn1)C2. The zero-order chi connectivity index (χ0) is 13.6. The predicted octanol–water partition coefficient (Wildman–Crippen LogP) is 1.39. The Morgan fingerprint density at radius 2 is 1.84 bits per heavy atom. The molecule has 1 amide bonds. The number of amides is 1. The number of ether oxygens (including phenoxy) is 1. The number of piperidine rings is 1. The van der Waals surface area contributed by atoms with Crippen LogP contribution in [0.4, 0.5) is 4.79 Å². The van der Waals surface area contributed by atoms with Crippen molar-refractivity contribution in [3.63, 3.8) is 0 Å². The Kier molecular flexibility index (Phi) is 2.72. The van der Waals surface area contributed by atoms with Crippen molar-refractivity contribution in [1.82, 2.24) is 25.1 Å².